The molecule has 1 fully saturated rings. The summed E-state index contributed by atoms with van der Waals surface area (Å²) in [5.74, 6) is 1.39. The summed E-state index contributed by atoms with van der Waals surface area (Å²) in [6.07, 6.45) is 2.69. The van der Waals surface area contributed by atoms with Gasteiger partial charge >= 0.3 is 0 Å². The Hall–Kier alpha value is -1.31. The molecule has 0 radical (unpaired) electrons. The van der Waals surface area contributed by atoms with Crippen LogP contribution in [0.3, 0.4) is 0 Å². The zero-order valence-corrected chi connectivity index (χ0v) is 14.3. The molecule has 0 spiro atoms. The van der Waals surface area contributed by atoms with E-state index in [1.54, 1.807) is 4.31 Å². The molecule has 1 aromatic carbocycles. The van der Waals surface area contributed by atoms with Gasteiger partial charge in [-0.1, -0.05) is 25.5 Å². The highest BCUT2D eigenvalue weighted by Gasteiger charge is 2.33. The number of benzene rings is 1. The summed E-state index contributed by atoms with van der Waals surface area (Å²) in [6.45, 7) is 4.19. The number of piperidine rings is 1. The molecule has 6 nitrogen and oxygen atoms in total. The molecule has 3 rings (SSSR count). The molecule has 1 atom stereocenters. The number of rotatable bonds is 5. The van der Waals surface area contributed by atoms with Gasteiger partial charge in [-0.25, -0.2) is 0 Å². The van der Waals surface area contributed by atoms with E-state index in [1.807, 2.05) is 31.2 Å². The van der Waals surface area contributed by atoms with Gasteiger partial charge in [-0.15, -0.1) is 0 Å². The summed E-state index contributed by atoms with van der Waals surface area (Å²) in [4.78, 5) is 0. The fourth-order valence-corrected chi connectivity index (χ4v) is 4.75. The largest absolute Gasteiger partial charge is 0.486 e. The van der Waals surface area contributed by atoms with Crippen LogP contribution in [-0.4, -0.2) is 55.9 Å². The van der Waals surface area contributed by atoms with Crippen LogP contribution >= 0.6 is 0 Å². The van der Waals surface area contributed by atoms with E-state index in [4.69, 9.17) is 9.47 Å². The normalized spacial score (nSPS) is 22.3. The lowest BCUT2D eigenvalue weighted by Gasteiger charge is -2.34. The maximum atomic E-state index is 12.8. The molecule has 2 aliphatic rings. The van der Waals surface area contributed by atoms with Crippen molar-refractivity contribution in [2.75, 3.05) is 32.8 Å². The maximum absolute atomic E-state index is 12.8. The van der Waals surface area contributed by atoms with E-state index in [0.717, 1.165) is 19.3 Å². The number of para-hydroxylation sites is 2. The third kappa shape index (κ3) is 3.62. The van der Waals surface area contributed by atoms with Crippen molar-refractivity contribution in [2.45, 2.75) is 32.3 Å². The lowest BCUT2D eigenvalue weighted by atomic mass is 10.2. The SMILES string of the molecule is CCN(C[C@@H]1COc2ccccc2O1)S(=O)(=O)N1CCCCC1. The van der Waals surface area contributed by atoms with Gasteiger partial charge in [0.05, 0.1) is 6.54 Å². The highest BCUT2D eigenvalue weighted by molar-refractivity contribution is 7.86. The van der Waals surface area contributed by atoms with Gasteiger partial charge in [0.2, 0.25) is 0 Å². The minimum absolute atomic E-state index is 0.288. The molecule has 128 valence electrons. The Kier molecular flexibility index (Phi) is 5.08. The number of nitrogens with zero attached hydrogens (tertiary/aromatic N) is 2. The van der Waals surface area contributed by atoms with Gasteiger partial charge in [-0.3, -0.25) is 0 Å². The summed E-state index contributed by atoms with van der Waals surface area (Å²) in [5.41, 5.74) is 0. The number of likely N-dealkylation sites (N-methyl/N-ethyl adjacent to an activating group) is 1. The van der Waals surface area contributed by atoms with Crippen LogP contribution in [0.5, 0.6) is 11.5 Å². The van der Waals surface area contributed by atoms with Crippen molar-refractivity contribution in [1.82, 2.24) is 8.61 Å². The Balaban J connectivity index is 1.68. The molecule has 0 bridgehead atoms. The molecule has 1 aromatic rings. The van der Waals surface area contributed by atoms with Crippen molar-refractivity contribution in [3.05, 3.63) is 24.3 Å². The number of hydrogen-bond acceptors (Lipinski definition) is 4. The van der Waals surface area contributed by atoms with Gasteiger partial charge in [0.15, 0.2) is 11.5 Å². The van der Waals surface area contributed by atoms with Gasteiger partial charge < -0.3 is 9.47 Å². The molecule has 0 aromatic heterocycles. The standard InChI is InChI=1S/C16H24N2O4S/c1-2-17(23(19,20)18-10-6-3-7-11-18)12-14-13-21-15-8-4-5-9-16(15)22-14/h4-5,8-9,14H,2-3,6-7,10-13H2,1H3/t14-/m1/s1. The fourth-order valence-electron chi connectivity index (χ4n) is 3.03. The molecular weight excluding hydrogens is 316 g/mol. The maximum Gasteiger partial charge on any atom is 0.282 e. The molecule has 0 unspecified atom stereocenters. The Morgan fingerprint density at radius 3 is 2.57 bits per heavy atom. The Morgan fingerprint density at radius 2 is 1.87 bits per heavy atom. The lowest BCUT2D eigenvalue weighted by molar-refractivity contribution is 0.0757. The predicted molar refractivity (Wildman–Crippen MR) is 87.9 cm³/mol. The second kappa shape index (κ2) is 7.07. The highest BCUT2D eigenvalue weighted by atomic mass is 32.2. The Labute approximate surface area is 138 Å². The average molecular weight is 340 g/mol. The summed E-state index contributed by atoms with van der Waals surface area (Å²) >= 11 is 0. The summed E-state index contributed by atoms with van der Waals surface area (Å²) < 4.78 is 40.3. The second-order valence-corrected chi connectivity index (χ2v) is 7.84. The summed E-state index contributed by atoms with van der Waals surface area (Å²) in [7, 11) is -3.42. The molecule has 2 heterocycles. The molecule has 2 aliphatic heterocycles. The minimum Gasteiger partial charge on any atom is -0.486 e. The van der Waals surface area contributed by atoms with E-state index in [0.29, 0.717) is 44.3 Å². The number of hydrogen-bond donors (Lipinski definition) is 0. The first-order chi connectivity index (χ1) is 11.1. The van der Waals surface area contributed by atoms with E-state index in [9.17, 15) is 8.42 Å². The molecule has 23 heavy (non-hydrogen) atoms. The third-order valence-electron chi connectivity index (χ3n) is 4.30. The van der Waals surface area contributed by atoms with Crippen LogP contribution in [0, 0.1) is 0 Å². The van der Waals surface area contributed by atoms with Gasteiger partial charge in [0.25, 0.3) is 10.2 Å². The highest BCUT2D eigenvalue weighted by Crippen LogP contribution is 2.31. The van der Waals surface area contributed by atoms with Crippen molar-refractivity contribution in [3.63, 3.8) is 0 Å². The molecule has 7 heteroatoms. The van der Waals surface area contributed by atoms with Crippen molar-refractivity contribution in [1.29, 1.82) is 0 Å². The molecule has 0 saturated carbocycles. The van der Waals surface area contributed by atoms with Crippen LogP contribution in [0.25, 0.3) is 0 Å². The summed E-state index contributed by atoms with van der Waals surface area (Å²) in [5, 5.41) is 0. The first kappa shape index (κ1) is 16.5. The Morgan fingerprint density at radius 1 is 1.17 bits per heavy atom. The molecule has 0 N–H and O–H groups in total. The first-order valence-electron chi connectivity index (χ1n) is 8.25. The van der Waals surface area contributed by atoms with Gasteiger partial charge in [0.1, 0.15) is 12.7 Å². The van der Waals surface area contributed by atoms with E-state index < -0.39 is 10.2 Å². The van der Waals surface area contributed by atoms with Crippen LogP contribution < -0.4 is 9.47 Å². The van der Waals surface area contributed by atoms with Gasteiger partial charge in [-0.05, 0) is 25.0 Å². The monoisotopic (exact) mass is 340 g/mol. The van der Waals surface area contributed by atoms with Crippen molar-refractivity contribution >= 4 is 10.2 Å². The van der Waals surface area contributed by atoms with E-state index in [1.165, 1.54) is 4.31 Å². The topological polar surface area (TPSA) is 59.1 Å². The van der Waals surface area contributed by atoms with Crippen LogP contribution in [0.15, 0.2) is 24.3 Å². The van der Waals surface area contributed by atoms with Gasteiger partial charge in [-0.2, -0.15) is 17.0 Å². The van der Waals surface area contributed by atoms with Crippen LogP contribution in [0.1, 0.15) is 26.2 Å². The Bertz CT molecular complexity index is 629. The van der Waals surface area contributed by atoms with Gasteiger partial charge in [0, 0.05) is 19.6 Å². The second-order valence-electron chi connectivity index (χ2n) is 5.92. The van der Waals surface area contributed by atoms with Crippen molar-refractivity contribution in [3.8, 4) is 11.5 Å². The smallest absolute Gasteiger partial charge is 0.282 e. The first-order valence-corrected chi connectivity index (χ1v) is 9.64. The van der Waals surface area contributed by atoms with Crippen LogP contribution in [0.2, 0.25) is 0 Å². The van der Waals surface area contributed by atoms with E-state index >= 15 is 0 Å². The van der Waals surface area contributed by atoms with Crippen LogP contribution in [0.4, 0.5) is 0 Å². The van der Waals surface area contributed by atoms with Crippen molar-refractivity contribution < 1.29 is 17.9 Å². The molecule has 0 aliphatic carbocycles. The minimum atomic E-state index is -3.42. The van der Waals surface area contributed by atoms with Crippen molar-refractivity contribution in [2.24, 2.45) is 0 Å². The zero-order chi connectivity index (χ0) is 16.3. The quantitative estimate of drug-likeness (QED) is 0.821. The predicted octanol–water partition coefficient (Wildman–Crippen LogP) is 1.88. The lowest BCUT2D eigenvalue weighted by Crippen LogP contribution is -2.50. The number of fused-ring (bicyclic) bond motifs is 1. The van der Waals surface area contributed by atoms with E-state index in [-0.39, 0.29) is 6.10 Å². The van der Waals surface area contributed by atoms with E-state index in [2.05, 4.69) is 0 Å². The average Bonchev–Trinajstić information content (AvgIpc) is 2.60. The molecular formula is C16H24N2O4S. The fraction of sp³-hybridized carbons (Fsp3) is 0.625. The van der Waals surface area contributed by atoms with Crippen LogP contribution in [-0.2, 0) is 10.2 Å². The zero-order valence-electron chi connectivity index (χ0n) is 13.5. The molecule has 1 saturated heterocycles. The number of ether oxygens (including phenoxy) is 2. The molecule has 0 amide bonds. The summed E-state index contributed by atoms with van der Waals surface area (Å²) in [6, 6.07) is 7.47. The third-order valence-corrected chi connectivity index (χ3v) is 6.37.